The number of nitrogens with zero attached hydrogens (tertiary/aromatic N) is 1. The Morgan fingerprint density at radius 1 is 1.30 bits per heavy atom. The largest absolute Gasteiger partial charge is 0.355 e. The number of carbonyl (C=O) groups excluding carboxylic acids is 1. The number of hydrogen-bond acceptors (Lipinski definition) is 2. The zero-order valence-electron chi connectivity index (χ0n) is 12.7. The van der Waals surface area contributed by atoms with E-state index >= 15 is 0 Å². The molecular formula is C16H25ClN2O. The van der Waals surface area contributed by atoms with E-state index in [1.54, 1.807) is 0 Å². The fourth-order valence-corrected chi connectivity index (χ4v) is 2.14. The first-order valence-corrected chi connectivity index (χ1v) is 7.64. The highest BCUT2D eigenvalue weighted by Crippen LogP contribution is 2.20. The van der Waals surface area contributed by atoms with Gasteiger partial charge in [0.2, 0.25) is 5.91 Å². The SMILES string of the molecule is CCCCCNC(=O)CN(C)C(C)c1ccc(Cl)cc1. The van der Waals surface area contributed by atoms with Crippen molar-refractivity contribution in [1.29, 1.82) is 0 Å². The Hall–Kier alpha value is -1.06. The van der Waals surface area contributed by atoms with Crippen LogP contribution in [0, 0.1) is 0 Å². The van der Waals surface area contributed by atoms with Crippen LogP contribution in [0.25, 0.3) is 0 Å². The molecule has 0 fully saturated rings. The summed E-state index contributed by atoms with van der Waals surface area (Å²) in [4.78, 5) is 13.9. The fourth-order valence-electron chi connectivity index (χ4n) is 2.02. The topological polar surface area (TPSA) is 32.3 Å². The van der Waals surface area contributed by atoms with Crippen LogP contribution < -0.4 is 5.32 Å². The van der Waals surface area contributed by atoms with Crippen LogP contribution in [0.1, 0.15) is 44.7 Å². The van der Waals surface area contributed by atoms with Crippen molar-refractivity contribution in [2.45, 2.75) is 39.2 Å². The maximum Gasteiger partial charge on any atom is 0.234 e. The number of halogens is 1. The number of rotatable bonds is 8. The summed E-state index contributed by atoms with van der Waals surface area (Å²) in [6, 6.07) is 7.96. The Bertz CT molecular complexity index is 405. The van der Waals surface area contributed by atoms with E-state index < -0.39 is 0 Å². The first-order chi connectivity index (χ1) is 9.54. The smallest absolute Gasteiger partial charge is 0.234 e. The van der Waals surface area contributed by atoms with E-state index in [1.807, 2.05) is 36.2 Å². The zero-order valence-corrected chi connectivity index (χ0v) is 13.4. The zero-order chi connectivity index (χ0) is 15.0. The third-order valence-corrected chi connectivity index (χ3v) is 3.76. The quantitative estimate of drug-likeness (QED) is 0.743. The van der Waals surface area contributed by atoms with Crippen molar-refractivity contribution in [1.82, 2.24) is 10.2 Å². The molecule has 0 aliphatic heterocycles. The van der Waals surface area contributed by atoms with Gasteiger partial charge < -0.3 is 5.32 Å². The Labute approximate surface area is 127 Å². The van der Waals surface area contributed by atoms with E-state index in [9.17, 15) is 4.79 Å². The Kier molecular flexibility index (Phi) is 7.63. The van der Waals surface area contributed by atoms with E-state index in [0.717, 1.165) is 30.0 Å². The Morgan fingerprint density at radius 3 is 2.55 bits per heavy atom. The first-order valence-electron chi connectivity index (χ1n) is 7.27. The second-order valence-electron chi connectivity index (χ2n) is 5.20. The van der Waals surface area contributed by atoms with E-state index in [1.165, 1.54) is 6.42 Å². The van der Waals surface area contributed by atoms with Gasteiger partial charge in [0.15, 0.2) is 0 Å². The van der Waals surface area contributed by atoms with Crippen molar-refractivity contribution in [3.05, 3.63) is 34.9 Å². The minimum atomic E-state index is 0.0874. The standard InChI is InChI=1S/C16H25ClN2O/c1-4-5-6-11-18-16(20)12-19(3)13(2)14-7-9-15(17)10-8-14/h7-10,13H,4-6,11-12H2,1-3H3,(H,18,20). The molecule has 0 radical (unpaired) electrons. The van der Waals surface area contributed by atoms with Crippen molar-refractivity contribution in [2.75, 3.05) is 20.1 Å². The highest BCUT2D eigenvalue weighted by molar-refractivity contribution is 6.30. The lowest BCUT2D eigenvalue weighted by atomic mass is 10.1. The molecule has 0 saturated carbocycles. The Morgan fingerprint density at radius 2 is 1.95 bits per heavy atom. The second-order valence-corrected chi connectivity index (χ2v) is 5.64. The summed E-state index contributed by atoms with van der Waals surface area (Å²) in [6.07, 6.45) is 3.39. The van der Waals surface area contributed by atoms with Gasteiger partial charge in [0.25, 0.3) is 0 Å². The fraction of sp³-hybridized carbons (Fsp3) is 0.562. The van der Waals surface area contributed by atoms with E-state index in [2.05, 4.69) is 19.2 Å². The number of benzene rings is 1. The van der Waals surface area contributed by atoms with Crippen LogP contribution in [0.4, 0.5) is 0 Å². The molecule has 0 heterocycles. The summed E-state index contributed by atoms with van der Waals surface area (Å²) in [5, 5.41) is 3.70. The molecule has 0 saturated heterocycles. The molecule has 1 aromatic rings. The monoisotopic (exact) mass is 296 g/mol. The van der Waals surface area contributed by atoms with Gasteiger partial charge in [-0.1, -0.05) is 43.5 Å². The predicted molar refractivity (Wildman–Crippen MR) is 85.0 cm³/mol. The van der Waals surface area contributed by atoms with Gasteiger partial charge in [-0.25, -0.2) is 0 Å². The summed E-state index contributed by atoms with van der Waals surface area (Å²) in [6.45, 7) is 5.43. The lowest BCUT2D eigenvalue weighted by molar-refractivity contribution is -0.122. The van der Waals surface area contributed by atoms with Crippen LogP contribution in [0.2, 0.25) is 5.02 Å². The minimum Gasteiger partial charge on any atom is -0.355 e. The summed E-state index contributed by atoms with van der Waals surface area (Å²) >= 11 is 5.89. The van der Waals surface area contributed by atoms with Crippen LogP contribution in [0.15, 0.2) is 24.3 Å². The van der Waals surface area contributed by atoms with Crippen molar-refractivity contribution in [3.63, 3.8) is 0 Å². The van der Waals surface area contributed by atoms with E-state index in [4.69, 9.17) is 11.6 Å². The molecule has 1 aromatic carbocycles. The van der Waals surface area contributed by atoms with Crippen molar-refractivity contribution in [3.8, 4) is 0 Å². The number of unbranched alkanes of at least 4 members (excludes halogenated alkanes) is 2. The van der Waals surface area contributed by atoms with Gasteiger partial charge in [-0.2, -0.15) is 0 Å². The molecule has 3 nitrogen and oxygen atoms in total. The number of nitrogens with one attached hydrogen (secondary N) is 1. The highest BCUT2D eigenvalue weighted by Gasteiger charge is 2.14. The van der Waals surface area contributed by atoms with Crippen LogP contribution in [0.5, 0.6) is 0 Å². The average Bonchev–Trinajstić information content (AvgIpc) is 2.43. The number of likely N-dealkylation sites (N-methyl/N-ethyl adjacent to an activating group) is 1. The highest BCUT2D eigenvalue weighted by atomic mass is 35.5. The van der Waals surface area contributed by atoms with Crippen molar-refractivity contribution < 1.29 is 4.79 Å². The summed E-state index contributed by atoms with van der Waals surface area (Å²) in [7, 11) is 1.96. The molecular weight excluding hydrogens is 272 g/mol. The maximum atomic E-state index is 11.8. The third kappa shape index (κ3) is 5.93. The van der Waals surface area contributed by atoms with Crippen molar-refractivity contribution in [2.24, 2.45) is 0 Å². The van der Waals surface area contributed by atoms with Gasteiger partial charge in [0, 0.05) is 17.6 Å². The van der Waals surface area contributed by atoms with Gasteiger partial charge in [0.1, 0.15) is 0 Å². The molecule has 20 heavy (non-hydrogen) atoms. The number of hydrogen-bond donors (Lipinski definition) is 1. The molecule has 1 amide bonds. The van der Waals surface area contributed by atoms with Crippen LogP contribution in [-0.2, 0) is 4.79 Å². The molecule has 1 N–H and O–H groups in total. The van der Waals surface area contributed by atoms with E-state index in [-0.39, 0.29) is 11.9 Å². The summed E-state index contributed by atoms with van der Waals surface area (Å²) in [5.74, 6) is 0.0874. The molecule has 0 aliphatic carbocycles. The first kappa shape index (κ1) is 17.0. The lowest BCUT2D eigenvalue weighted by Gasteiger charge is -2.24. The van der Waals surface area contributed by atoms with Gasteiger partial charge in [-0.15, -0.1) is 0 Å². The number of carbonyl (C=O) groups is 1. The van der Waals surface area contributed by atoms with Crippen LogP contribution in [-0.4, -0.2) is 30.9 Å². The molecule has 4 heteroatoms. The molecule has 112 valence electrons. The molecule has 0 spiro atoms. The van der Waals surface area contributed by atoms with Gasteiger partial charge in [0.05, 0.1) is 6.54 Å². The maximum absolute atomic E-state index is 11.8. The molecule has 1 atom stereocenters. The van der Waals surface area contributed by atoms with Gasteiger partial charge in [-0.05, 0) is 38.1 Å². The van der Waals surface area contributed by atoms with Gasteiger partial charge in [-0.3, -0.25) is 9.69 Å². The number of amides is 1. The van der Waals surface area contributed by atoms with Crippen LogP contribution >= 0.6 is 11.6 Å². The van der Waals surface area contributed by atoms with Gasteiger partial charge >= 0.3 is 0 Å². The van der Waals surface area contributed by atoms with Crippen LogP contribution in [0.3, 0.4) is 0 Å². The molecule has 1 unspecified atom stereocenters. The van der Waals surface area contributed by atoms with Crippen molar-refractivity contribution >= 4 is 17.5 Å². The molecule has 0 aromatic heterocycles. The normalized spacial score (nSPS) is 12.4. The molecule has 1 rings (SSSR count). The van der Waals surface area contributed by atoms with E-state index in [0.29, 0.717) is 6.54 Å². The lowest BCUT2D eigenvalue weighted by Crippen LogP contribution is -2.36. The Balaban J connectivity index is 2.39. The third-order valence-electron chi connectivity index (χ3n) is 3.51. The molecule has 0 aliphatic rings. The molecule has 0 bridgehead atoms. The second kappa shape index (κ2) is 8.98. The summed E-state index contributed by atoms with van der Waals surface area (Å²) in [5.41, 5.74) is 1.16. The predicted octanol–water partition coefficient (Wildman–Crippen LogP) is 3.64. The average molecular weight is 297 g/mol. The minimum absolute atomic E-state index is 0.0874. The summed E-state index contributed by atoms with van der Waals surface area (Å²) < 4.78 is 0.